The Balaban J connectivity index is 1.62. The van der Waals surface area contributed by atoms with Crippen LogP contribution in [-0.2, 0) is 23.0 Å². The number of rotatable bonds is 6. The summed E-state index contributed by atoms with van der Waals surface area (Å²) in [5, 5.41) is 1.12. The topological polar surface area (TPSA) is 78.3 Å². The molecule has 0 spiro atoms. The molecule has 3 aromatic rings. The van der Waals surface area contributed by atoms with E-state index in [0.29, 0.717) is 21.7 Å². The molecule has 0 N–H and O–H groups in total. The average molecular weight is 419 g/mol. The number of hydrogen-bond acceptors (Lipinski definition) is 5. The van der Waals surface area contributed by atoms with Crippen LogP contribution in [0.15, 0.2) is 47.3 Å². The summed E-state index contributed by atoms with van der Waals surface area (Å²) >= 11 is 11.8. The second kappa shape index (κ2) is 8.54. The maximum absolute atomic E-state index is 12.4. The Morgan fingerprint density at radius 1 is 1.14 bits per heavy atom. The number of ketones is 1. The molecular weight excluding hydrogens is 403 g/mol. The number of carbonyl (C=O) groups excluding carboxylic acids is 2. The van der Waals surface area contributed by atoms with Crippen LogP contribution in [0.1, 0.15) is 22.6 Å². The quantitative estimate of drug-likeness (QED) is 0.451. The number of halogens is 2. The molecular formula is C20H16Cl2N2O4. The number of aromatic nitrogens is 2. The predicted octanol–water partition coefficient (Wildman–Crippen LogP) is 3.60. The molecule has 8 heteroatoms. The van der Waals surface area contributed by atoms with Gasteiger partial charge < -0.3 is 4.74 Å². The van der Waals surface area contributed by atoms with Crippen LogP contribution in [0.2, 0.25) is 10.0 Å². The summed E-state index contributed by atoms with van der Waals surface area (Å²) in [5.41, 5.74) is 0.625. The fraction of sp³-hybridized carbons (Fsp3) is 0.200. The number of ether oxygens (including phenoxy) is 1. The van der Waals surface area contributed by atoms with Crippen LogP contribution in [0, 0.1) is 0 Å². The third kappa shape index (κ3) is 4.40. The number of hydrogen-bond donors (Lipinski definition) is 0. The first-order valence-electron chi connectivity index (χ1n) is 8.45. The van der Waals surface area contributed by atoms with E-state index in [0.717, 1.165) is 0 Å². The normalized spacial score (nSPS) is 10.8. The zero-order chi connectivity index (χ0) is 20.3. The van der Waals surface area contributed by atoms with Crippen molar-refractivity contribution >= 4 is 45.9 Å². The van der Waals surface area contributed by atoms with Gasteiger partial charge >= 0.3 is 5.97 Å². The second-order valence-electron chi connectivity index (χ2n) is 6.12. The van der Waals surface area contributed by atoms with Gasteiger partial charge in [-0.1, -0.05) is 35.3 Å². The van der Waals surface area contributed by atoms with Crippen LogP contribution in [-0.4, -0.2) is 27.9 Å². The van der Waals surface area contributed by atoms with Gasteiger partial charge in [-0.25, -0.2) is 4.98 Å². The zero-order valence-corrected chi connectivity index (χ0v) is 16.5. The van der Waals surface area contributed by atoms with Crippen molar-refractivity contribution in [1.82, 2.24) is 9.55 Å². The Labute approximate surface area is 170 Å². The van der Waals surface area contributed by atoms with Crippen molar-refractivity contribution in [1.29, 1.82) is 0 Å². The number of fused-ring (bicyclic) bond motifs is 1. The van der Waals surface area contributed by atoms with Gasteiger partial charge in [0.05, 0.1) is 22.3 Å². The molecule has 0 aliphatic carbocycles. The van der Waals surface area contributed by atoms with Crippen molar-refractivity contribution in [3.63, 3.8) is 0 Å². The third-order valence-electron chi connectivity index (χ3n) is 4.22. The molecule has 144 valence electrons. The molecule has 0 atom stereocenters. The van der Waals surface area contributed by atoms with Crippen LogP contribution in [0.3, 0.4) is 0 Å². The van der Waals surface area contributed by atoms with E-state index in [-0.39, 0.29) is 29.0 Å². The van der Waals surface area contributed by atoms with Crippen molar-refractivity contribution in [2.24, 2.45) is 7.05 Å². The molecule has 0 aliphatic rings. The van der Waals surface area contributed by atoms with Gasteiger partial charge in [0.25, 0.3) is 5.56 Å². The maximum Gasteiger partial charge on any atom is 0.306 e. The summed E-state index contributed by atoms with van der Waals surface area (Å²) in [4.78, 5) is 40.9. The number of nitrogens with zero attached hydrogens (tertiary/aromatic N) is 2. The zero-order valence-electron chi connectivity index (χ0n) is 14.9. The molecule has 0 saturated heterocycles. The van der Waals surface area contributed by atoms with Crippen LogP contribution in [0.4, 0.5) is 0 Å². The van der Waals surface area contributed by atoms with E-state index in [2.05, 4.69) is 4.98 Å². The highest BCUT2D eigenvalue weighted by atomic mass is 35.5. The Morgan fingerprint density at radius 2 is 1.89 bits per heavy atom. The first kappa shape index (κ1) is 20.0. The highest BCUT2D eigenvalue weighted by Gasteiger charge is 2.15. The molecule has 0 unspecified atom stereocenters. The van der Waals surface area contributed by atoms with E-state index < -0.39 is 18.4 Å². The molecule has 0 bridgehead atoms. The second-order valence-corrected chi connectivity index (χ2v) is 6.96. The molecule has 0 amide bonds. The average Bonchev–Trinajstić information content (AvgIpc) is 2.67. The summed E-state index contributed by atoms with van der Waals surface area (Å²) in [6, 6.07) is 11.5. The molecule has 3 rings (SSSR count). The lowest BCUT2D eigenvalue weighted by molar-refractivity contribution is -0.142. The minimum Gasteiger partial charge on any atom is -0.457 e. The van der Waals surface area contributed by atoms with Crippen molar-refractivity contribution in [3.8, 4) is 0 Å². The van der Waals surface area contributed by atoms with Crippen LogP contribution in [0.5, 0.6) is 0 Å². The van der Waals surface area contributed by atoms with E-state index in [9.17, 15) is 14.4 Å². The van der Waals surface area contributed by atoms with Gasteiger partial charge in [0.15, 0.2) is 6.61 Å². The predicted molar refractivity (Wildman–Crippen MR) is 107 cm³/mol. The van der Waals surface area contributed by atoms with E-state index >= 15 is 0 Å². The Bertz CT molecular complexity index is 1120. The molecule has 28 heavy (non-hydrogen) atoms. The Hall–Kier alpha value is -2.70. The number of Topliss-reactive ketones (excluding diaryl/α,β-unsaturated/α-hetero) is 1. The standard InChI is InChI=1S/C20H16Cl2N2O4/c1-24-18(23-16-5-3-2-4-14(16)20(24)27)8-9-19(26)28-11-17(25)13-7-6-12(21)10-15(13)22/h2-7,10H,8-9,11H2,1H3. The Kier molecular flexibility index (Phi) is 6.11. The smallest absolute Gasteiger partial charge is 0.306 e. The van der Waals surface area contributed by atoms with E-state index in [1.54, 1.807) is 31.3 Å². The molecule has 2 aromatic carbocycles. The maximum atomic E-state index is 12.4. The fourth-order valence-electron chi connectivity index (χ4n) is 2.71. The monoisotopic (exact) mass is 418 g/mol. The van der Waals surface area contributed by atoms with Gasteiger partial charge in [0, 0.05) is 24.1 Å². The van der Waals surface area contributed by atoms with Gasteiger partial charge in [-0.2, -0.15) is 0 Å². The van der Waals surface area contributed by atoms with E-state index in [1.165, 1.54) is 22.8 Å². The van der Waals surface area contributed by atoms with Gasteiger partial charge in [-0.05, 0) is 30.3 Å². The molecule has 0 radical (unpaired) electrons. The Morgan fingerprint density at radius 3 is 2.64 bits per heavy atom. The lowest BCUT2D eigenvalue weighted by atomic mass is 10.1. The minimum absolute atomic E-state index is 0.0136. The van der Waals surface area contributed by atoms with Crippen molar-refractivity contribution in [2.75, 3.05) is 6.61 Å². The van der Waals surface area contributed by atoms with Crippen LogP contribution < -0.4 is 5.56 Å². The van der Waals surface area contributed by atoms with Gasteiger partial charge in [0.1, 0.15) is 5.82 Å². The number of carbonyl (C=O) groups is 2. The van der Waals surface area contributed by atoms with Crippen molar-refractivity contribution in [2.45, 2.75) is 12.8 Å². The van der Waals surface area contributed by atoms with E-state index in [1.807, 2.05) is 0 Å². The van der Waals surface area contributed by atoms with Crippen molar-refractivity contribution < 1.29 is 14.3 Å². The van der Waals surface area contributed by atoms with Crippen LogP contribution >= 0.6 is 23.2 Å². The van der Waals surface area contributed by atoms with Gasteiger partial charge in [-0.3, -0.25) is 19.0 Å². The molecule has 1 aromatic heterocycles. The molecule has 6 nitrogen and oxygen atoms in total. The number of para-hydroxylation sites is 1. The summed E-state index contributed by atoms with van der Waals surface area (Å²) < 4.78 is 6.44. The largest absolute Gasteiger partial charge is 0.457 e. The highest BCUT2D eigenvalue weighted by Crippen LogP contribution is 2.21. The summed E-state index contributed by atoms with van der Waals surface area (Å²) in [6.45, 7) is -0.426. The minimum atomic E-state index is -0.569. The number of benzene rings is 2. The molecule has 0 fully saturated rings. The summed E-state index contributed by atoms with van der Waals surface area (Å²) in [5.74, 6) is -0.528. The number of aryl methyl sites for hydroxylation is 1. The lowest BCUT2D eigenvalue weighted by Crippen LogP contribution is -2.23. The summed E-state index contributed by atoms with van der Waals surface area (Å²) in [7, 11) is 1.61. The van der Waals surface area contributed by atoms with Crippen LogP contribution in [0.25, 0.3) is 10.9 Å². The first-order valence-corrected chi connectivity index (χ1v) is 9.21. The SMILES string of the molecule is Cn1c(CCC(=O)OCC(=O)c2ccc(Cl)cc2Cl)nc2ccccc2c1=O. The lowest BCUT2D eigenvalue weighted by Gasteiger charge is -2.09. The fourth-order valence-corrected chi connectivity index (χ4v) is 3.23. The van der Waals surface area contributed by atoms with Crippen molar-refractivity contribution in [3.05, 3.63) is 74.3 Å². The van der Waals surface area contributed by atoms with E-state index in [4.69, 9.17) is 27.9 Å². The summed E-state index contributed by atoms with van der Waals surface area (Å²) in [6.07, 6.45) is 0.200. The third-order valence-corrected chi connectivity index (χ3v) is 4.77. The number of esters is 1. The first-order chi connectivity index (χ1) is 13.4. The molecule has 0 aliphatic heterocycles. The molecule has 0 saturated carbocycles. The van der Waals surface area contributed by atoms with Gasteiger partial charge in [0.2, 0.25) is 5.78 Å². The highest BCUT2D eigenvalue weighted by molar-refractivity contribution is 6.36. The van der Waals surface area contributed by atoms with Gasteiger partial charge in [-0.15, -0.1) is 0 Å². The molecule has 1 heterocycles.